The maximum atomic E-state index is 11.8. The molecule has 4 heteroatoms. The fourth-order valence-electron chi connectivity index (χ4n) is 2.34. The van der Waals surface area contributed by atoms with E-state index < -0.39 is 0 Å². The molecule has 0 aliphatic rings. The molecule has 0 unspecified atom stereocenters. The van der Waals surface area contributed by atoms with Gasteiger partial charge in [-0.2, -0.15) is 0 Å². The number of benzene rings is 2. The Morgan fingerprint density at radius 1 is 1.19 bits per heavy atom. The first-order chi connectivity index (χ1) is 10.2. The lowest BCUT2D eigenvalue weighted by molar-refractivity contribution is 0.0603. The van der Waals surface area contributed by atoms with E-state index in [-0.39, 0.29) is 5.97 Å². The number of rotatable bonds is 3. The molecule has 0 aliphatic carbocycles. The van der Waals surface area contributed by atoms with Crippen LogP contribution in [-0.4, -0.2) is 23.0 Å². The molecule has 0 saturated heterocycles. The van der Waals surface area contributed by atoms with E-state index in [0.29, 0.717) is 11.1 Å². The van der Waals surface area contributed by atoms with Gasteiger partial charge in [-0.25, -0.2) is 9.78 Å². The standard InChI is InChI=1S/C17H16N2O2/c1-3-11-7-9-12(10-8-11)16-18-14-6-4-5-13(15(14)19-16)17(20)21-2/h4-10H,3H2,1-2H3,(H,18,19). The summed E-state index contributed by atoms with van der Waals surface area (Å²) in [5, 5.41) is 0. The Hall–Kier alpha value is -2.62. The third kappa shape index (κ3) is 2.40. The lowest BCUT2D eigenvalue weighted by Crippen LogP contribution is -2.01. The van der Waals surface area contributed by atoms with Crippen molar-refractivity contribution in [2.45, 2.75) is 13.3 Å². The summed E-state index contributed by atoms with van der Waals surface area (Å²) in [6.45, 7) is 2.12. The van der Waals surface area contributed by atoms with Crippen LogP contribution in [0.3, 0.4) is 0 Å². The number of carbonyl (C=O) groups excluding carboxylic acids is 1. The van der Waals surface area contributed by atoms with Crippen LogP contribution in [0.15, 0.2) is 42.5 Å². The molecule has 4 nitrogen and oxygen atoms in total. The highest BCUT2D eigenvalue weighted by Gasteiger charge is 2.14. The molecule has 2 aromatic carbocycles. The van der Waals surface area contributed by atoms with Crippen molar-refractivity contribution in [2.24, 2.45) is 0 Å². The minimum absolute atomic E-state index is 0.375. The molecule has 0 spiro atoms. The zero-order valence-electron chi connectivity index (χ0n) is 12.0. The van der Waals surface area contributed by atoms with Gasteiger partial charge in [-0.05, 0) is 24.1 Å². The Bertz CT molecular complexity index is 788. The van der Waals surface area contributed by atoms with Crippen molar-refractivity contribution in [1.29, 1.82) is 0 Å². The number of hydrogen-bond acceptors (Lipinski definition) is 3. The summed E-state index contributed by atoms with van der Waals surface area (Å²) in [5.41, 5.74) is 4.22. The van der Waals surface area contributed by atoms with Gasteiger partial charge in [-0.3, -0.25) is 0 Å². The first-order valence-corrected chi connectivity index (χ1v) is 6.89. The highest BCUT2D eigenvalue weighted by molar-refractivity contribution is 6.02. The number of fused-ring (bicyclic) bond motifs is 1. The SMILES string of the molecule is CCc1ccc(-c2nc3c(C(=O)OC)cccc3[nH]2)cc1. The summed E-state index contributed by atoms with van der Waals surface area (Å²) in [5.74, 6) is 0.379. The molecule has 3 aromatic rings. The average molecular weight is 280 g/mol. The van der Waals surface area contributed by atoms with Crippen LogP contribution in [0, 0.1) is 0 Å². The van der Waals surface area contributed by atoms with E-state index >= 15 is 0 Å². The summed E-state index contributed by atoms with van der Waals surface area (Å²) in [6.07, 6.45) is 1.01. The summed E-state index contributed by atoms with van der Waals surface area (Å²) in [4.78, 5) is 19.6. The molecule has 1 aromatic heterocycles. The number of methoxy groups -OCH3 is 1. The third-order valence-corrected chi connectivity index (χ3v) is 3.55. The molecule has 3 rings (SSSR count). The summed E-state index contributed by atoms with van der Waals surface area (Å²) < 4.78 is 4.80. The van der Waals surface area contributed by atoms with Crippen LogP contribution in [0.25, 0.3) is 22.4 Å². The molecule has 21 heavy (non-hydrogen) atoms. The molecule has 0 radical (unpaired) electrons. The van der Waals surface area contributed by atoms with Gasteiger partial charge >= 0.3 is 5.97 Å². The van der Waals surface area contributed by atoms with Crippen molar-refractivity contribution >= 4 is 17.0 Å². The van der Waals surface area contributed by atoms with Crippen LogP contribution in [0.2, 0.25) is 0 Å². The van der Waals surface area contributed by atoms with Crippen LogP contribution in [0.1, 0.15) is 22.8 Å². The first kappa shape index (κ1) is 13.4. The van der Waals surface area contributed by atoms with Crippen molar-refractivity contribution in [2.75, 3.05) is 7.11 Å². The number of nitrogens with one attached hydrogen (secondary N) is 1. The second-order valence-corrected chi connectivity index (χ2v) is 4.83. The van der Waals surface area contributed by atoms with Gasteiger partial charge in [-0.1, -0.05) is 37.3 Å². The first-order valence-electron chi connectivity index (χ1n) is 6.89. The van der Waals surface area contributed by atoms with Gasteiger partial charge in [0.25, 0.3) is 0 Å². The normalized spacial score (nSPS) is 10.8. The maximum absolute atomic E-state index is 11.8. The maximum Gasteiger partial charge on any atom is 0.340 e. The van der Waals surface area contributed by atoms with Gasteiger partial charge in [-0.15, -0.1) is 0 Å². The van der Waals surface area contributed by atoms with Crippen molar-refractivity contribution in [1.82, 2.24) is 9.97 Å². The number of aryl methyl sites for hydroxylation is 1. The van der Waals surface area contributed by atoms with Crippen LogP contribution in [0.5, 0.6) is 0 Å². The van der Waals surface area contributed by atoms with Gasteiger partial charge in [0.2, 0.25) is 0 Å². The van der Waals surface area contributed by atoms with E-state index in [9.17, 15) is 4.79 Å². The van der Waals surface area contributed by atoms with Gasteiger partial charge in [0, 0.05) is 5.56 Å². The Kier molecular flexibility index (Phi) is 3.44. The summed E-state index contributed by atoms with van der Waals surface area (Å²) in [6, 6.07) is 13.7. The third-order valence-electron chi connectivity index (χ3n) is 3.55. The van der Waals surface area contributed by atoms with Crippen LogP contribution in [-0.2, 0) is 11.2 Å². The number of H-pyrrole nitrogens is 1. The largest absolute Gasteiger partial charge is 0.465 e. The lowest BCUT2D eigenvalue weighted by Gasteiger charge is -1.99. The quantitative estimate of drug-likeness (QED) is 0.746. The number of esters is 1. The molecule has 106 valence electrons. The monoisotopic (exact) mass is 280 g/mol. The van der Waals surface area contributed by atoms with E-state index in [1.54, 1.807) is 6.07 Å². The number of imidazole rings is 1. The predicted molar refractivity (Wildman–Crippen MR) is 82.2 cm³/mol. The zero-order valence-corrected chi connectivity index (χ0v) is 12.0. The van der Waals surface area contributed by atoms with Gasteiger partial charge < -0.3 is 9.72 Å². The van der Waals surface area contributed by atoms with E-state index in [1.807, 2.05) is 24.3 Å². The lowest BCUT2D eigenvalue weighted by atomic mass is 10.1. The molecule has 0 aliphatic heterocycles. The molecule has 1 heterocycles. The Morgan fingerprint density at radius 2 is 1.95 bits per heavy atom. The van der Waals surface area contributed by atoms with Gasteiger partial charge in [0.05, 0.1) is 18.2 Å². The molecule has 0 saturated carbocycles. The number of aromatic amines is 1. The van der Waals surface area contributed by atoms with E-state index in [2.05, 4.69) is 29.0 Å². The molecular formula is C17H16N2O2. The number of ether oxygens (including phenoxy) is 1. The number of carbonyl (C=O) groups is 1. The highest BCUT2D eigenvalue weighted by atomic mass is 16.5. The summed E-state index contributed by atoms with van der Waals surface area (Å²) >= 11 is 0. The second-order valence-electron chi connectivity index (χ2n) is 4.83. The second kappa shape index (κ2) is 5.40. The number of para-hydroxylation sites is 1. The van der Waals surface area contributed by atoms with Gasteiger partial charge in [0.1, 0.15) is 11.3 Å². The minimum atomic E-state index is -0.375. The zero-order chi connectivity index (χ0) is 14.8. The van der Waals surface area contributed by atoms with E-state index in [4.69, 9.17) is 4.74 Å². The Balaban J connectivity index is 2.10. The van der Waals surface area contributed by atoms with Gasteiger partial charge in [0.15, 0.2) is 0 Å². The van der Waals surface area contributed by atoms with Crippen molar-refractivity contribution in [3.63, 3.8) is 0 Å². The molecule has 0 amide bonds. The number of hydrogen-bond donors (Lipinski definition) is 1. The molecule has 1 N–H and O–H groups in total. The molecular weight excluding hydrogens is 264 g/mol. The van der Waals surface area contributed by atoms with Crippen molar-refractivity contribution in [3.05, 3.63) is 53.6 Å². The Morgan fingerprint density at radius 3 is 2.62 bits per heavy atom. The average Bonchev–Trinajstić information content (AvgIpc) is 2.98. The smallest absolute Gasteiger partial charge is 0.340 e. The molecule has 0 bridgehead atoms. The fourth-order valence-corrected chi connectivity index (χ4v) is 2.34. The molecule has 0 atom stereocenters. The van der Waals surface area contributed by atoms with Crippen LogP contribution in [0.4, 0.5) is 0 Å². The minimum Gasteiger partial charge on any atom is -0.465 e. The van der Waals surface area contributed by atoms with Crippen LogP contribution < -0.4 is 0 Å². The highest BCUT2D eigenvalue weighted by Crippen LogP contribution is 2.23. The van der Waals surface area contributed by atoms with Crippen molar-refractivity contribution in [3.8, 4) is 11.4 Å². The molecule has 0 fully saturated rings. The number of nitrogens with zero attached hydrogens (tertiary/aromatic N) is 1. The summed E-state index contributed by atoms with van der Waals surface area (Å²) in [7, 11) is 1.37. The van der Waals surface area contributed by atoms with Crippen LogP contribution >= 0.6 is 0 Å². The topological polar surface area (TPSA) is 55.0 Å². The van der Waals surface area contributed by atoms with Crippen molar-refractivity contribution < 1.29 is 9.53 Å². The van der Waals surface area contributed by atoms with E-state index in [1.165, 1.54) is 12.7 Å². The predicted octanol–water partition coefficient (Wildman–Crippen LogP) is 3.58. The van der Waals surface area contributed by atoms with E-state index in [0.717, 1.165) is 23.3 Å². The Labute approximate surface area is 122 Å². The fraction of sp³-hybridized carbons (Fsp3) is 0.176. The number of aromatic nitrogens is 2.